The molecule has 0 aromatic heterocycles. The number of carboxylic acids is 2. The fourth-order valence-corrected chi connectivity index (χ4v) is 0.785. The van der Waals surface area contributed by atoms with E-state index in [4.69, 9.17) is 10.2 Å². The zero-order chi connectivity index (χ0) is 12.0. The molecule has 0 fully saturated rings. The number of aliphatic carboxylic acids is 2. The zero-order valence-corrected chi connectivity index (χ0v) is 8.02. The summed E-state index contributed by atoms with van der Waals surface area (Å²) in [6, 6.07) is 0. The van der Waals surface area contributed by atoms with E-state index >= 15 is 0 Å². The van der Waals surface area contributed by atoms with E-state index in [1.54, 1.807) is 0 Å². The second kappa shape index (κ2) is 5.58. The molecule has 0 aliphatic carbocycles. The predicted molar refractivity (Wildman–Crippen MR) is 48.9 cm³/mol. The second-order valence-corrected chi connectivity index (χ2v) is 2.40. The van der Waals surface area contributed by atoms with Gasteiger partial charge in [-0.2, -0.15) is 0 Å². The van der Waals surface area contributed by atoms with Crippen LogP contribution < -0.4 is 0 Å². The van der Waals surface area contributed by atoms with Crippen LogP contribution in [-0.4, -0.2) is 28.1 Å². The first-order valence-corrected chi connectivity index (χ1v) is 3.98. The van der Waals surface area contributed by atoms with E-state index in [0.29, 0.717) is 0 Å². The summed E-state index contributed by atoms with van der Waals surface area (Å²) in [6.45, 7) is 4.50. The molecule has 0 aromatic carbocycles. The van der Waals surface area contributed by atoms with Gasteiger partial charge in [0.25, 0.3) is 0 Å². The van der Waals surface area contributed by atoms with Crippen LogP contribution in [0, 0.1) is 0 Å². The summed E-state index contributed by atoms with van der Waals surface area (Å²) in [5.74, 6) is -4.94. The zero-order valence-electron chi connectivity index (χ0n) is 8.02. The molecule has 0 rings (SSSR count). The second-order valence-electron chi connectivity index (χ2n) is 2.40. The number of carbonyl (C=O) groups excluding carboxylic acids is 1. The quantitative estimate of drug-likeness (QED) is 0.393. The Labute approximate surface area is 85.5 Å². The van der Waals surface area contributed by atoms with E-state index in [9.17, 15) is 14.4 Å². The summed E-state index contributed by atoms with van der Waals surface area (Å²) >= 11 is 0. The van der Waals surface area contributed by atoms with Crippen molar-refractivity contribution >= 4 is 17.9 Å². The number of esters is 1. The predicted octanol–water partition coefficient (Wildman–Crippen LogP) is 0.549. The minimum atomic E-state index is -1.61. The molecule has 0 spiro atoms. The molecule has 0 atom stereocenters. The molecule has 0 aliphatic heterocycles. The van der Waals surface area contributed by atoms with E-state index in [-0.39, 0.29) is 6.42 Å². The third kappa shape index (κ3) is 3.63. The van der Waals surface area contributed by atoms with Crippen LogP contribution in [0.4, 0.5) is 0 Å². The van der Waals surface area contributed by atoms with Crippen molar-refractivity contribution in [3.05, 3.63) is 24.0 Å². The van der Waals surface area contributed by atoms with Gasteiger partial charge >= 0.3 is 17.9 Å². The lowest BCUT2D eigenvalue weighted by Gasteiger charge is -2.05. The van der Waals surface area contributed by atoms with Gasteiger partial charge in [0, 0.05) is 6.08 Å². The summed E-state index contributed by atoms with van der Waals surface area (Å²) < 4.78 is 4.32. The van der Waals surface area contributed by atoms with Crippen molar-refractivity contribution in [1.82, 2.24) is 0 Å². The van der Waals surface area contributed by atoms with Gasteiger partial charge in [-0.05, 0) is 6.42 Å². The molecular formula is C9H10O6. The highest BCUT2D eigenvalue weighted by atomic mass is 16.6. The SMILES string of the molecule is C=CC(=O)OC(C(=O)O)=C(CC)C(=O)O. The van der Waals surface area contributed by atoms with Gasteiger partial charge < -0.3 is 14.9 Å². The largest absolute Gasteiger partial charge is 0.478 e. The molecular weight excluding hydrogens is 204 g/mol. The maximum atomic E-state index is 10.7. The Morgan fingerprint density at radius 3 is 2.07 bits per heavy atom. The van der Waals surface area contributed by atoms with Crippen molar-refractivity contribution in [3.8, 4) is 0 Å². The molecule has 0 saturated heterocycles. The van der Waals surface area contributed by atoms with Crippen LogP contribution in [-0.2, 0) is 19.1 Å². The molecule has 0 radical (unpaired) electrons. The minimum absolute atomic E-state index is 0.0681. The summed E-state index contributed by atoms with van der Waals surface area (Å²) in [5, 5.41) is 17.3. The van der Waals surface area contributed by atoms with Gasteiger partial charge in [-0.15, -0.1) is 0 Å². The highest BCUT2D eigenvalue weighted by Gasteiger charge is 2.22. The Kier molecular flexibility index (Phi) is 4.80. The number of carboxylic acid groups (broad SMARTS) is 2. The Morgan fingerprint density at radius 2 is 1.80 bits per heavy atom. The molecule has 0 aliphatic rings. The first-order valence-electron chi connectivity index (χ1n) is 3.98. The Bertz CT molecular complexity index is 339. The molecule has 6 heteroatoms. The molecule has 82 valence electrons. The normalized spacial score (nSPS) is 11.3. The fraction of sp³-hybridized carbons (Fsp3) is 0.222. The van der Waals surface area contributed by atoms with Gasteiger partial charge in [-0.1, -0.05) is 13.5 Å². The number of hydrogen-bond donors (Lipinski definition) is 2. The Morgan fingerprint density at radius 1 is 1.27 bits per heavy atom. The minimum Gasteiger partial charge on any atom is -0.478 e. The third-order valence-corrected chi connectivity index (χ3v) is 1.45. The number of hydrogen-bond acceptors (Lipinski definition) is 4. The first-order chi connectivity index (χ1) is 6.93. The van der Waals surface area contributed by atoms with Crippen LogP contribution in [0.1, 0.15) is 13.3 Å². The number of rotatable bonds is 5. The number of carbonyl (C=O) groups is 3. The van der Waals surface area contributed by atoms with Crippen LogP contribution in [0.5, 0.6) is 0 Å². The lowest BCUT2D eigenvalue weighted by Crippen LogP contribution is -2.16. The van der Waals surface area contributed by atoms with Gasteiger partial charge in [0.15, 0.2) is 0 Å². The highest BCUT2D eigenvalue weighted by molar-refractivity contribution is 5.99. The van der Waals surface area contributed by atoms with Crippen molar-refractivity contribution in [1.29, 1.82) is 0 Å². The maximum Gasteiger partial charge on any atom is 0.372 e. The molecule has 15 heavy (non-hydrogen) atoms. The third-order valence-electron chi connectivity index (χ3n) is 1.45. The monoisotopic (exact) mass is 214 g/mol. The van der Waals surface area contributed by atoms with Crippen molar-refractivity contribution < 1.29 is 29.3 Å². The molecule has 2 N–H and O–H groups in total. The molecule has 0 unspecified atom stereocenters. The van der Waals surface area contributed by atoms with E-state index in [1.807, 2.05) is 0 Å². The number of ether oxygens (including phenoxy) is 1. The van der Waals surface area contributed by atoms with E-state index in [1.165, 1.54) is 6.92 Å². The summed E-state index contributed by atoms with van der Waals surface area (Å²) in [5.41, 5.74) is -0.474. The average molecular weight is 214 g/mol. The topological polar surface area (TPSA) is 101 Å². The fourth-order valence-electron chi connectivity index (χ4n) is 0.785. The van der Waals surface area contributed by atoms with E-state index in [0.717, 1.165) is 6.08 Å². The van der Waals surface area contributed by atoms with Gasteiger partial charge in [-0.3, -0.25) is 0 Å². The molecule has 0 heterocycles. The standard InChI is InChI=1S/C9H10O6/c1-3-5(8(11)12)7(9(13)14)15-6(10)4-2/h4H,2-3H2,1H3,(H,11,12)(H,13,14). The molecule has 6 nitrogen and oxygen atoms in total. The van der Waals surface area contributed by atoms with Gasteiger partial charge in [-0.25, -0.2) is 14.4 Å². The highest BCUT2D eigenvalue weighted by Crippen LogP contribution is 2.11. The van der Waals surface area contributed by atoms with Gasteiger partial charge in [0.05, 0.1) is 5.57 Å². The van der Waals surface area contributed by atoms with Crippen LogP contribution in [0.2, 0.25) is 0 Å². The van der Waals surface area contributed by atoms with Crippen molar-refractivity contribution in [2.75, 3.05) is 0 Å². The molecule has 0 aromatic rings. The summed E-state index contributed by atoms with van der Waals surface area (Å²) in [7, 11) is 0. The van der Waals surface area contributed by atoms with Crippen LogP contribution >= 0.6 is 0 Å². The van der Waals surface area contributed by atoms with Gasteiger partial charge in [0.2, 0.25) is 5.76 Å². The van der Waals surface area contributed by atoms with Crippen molar-refractivity contribution in [2.24, 2.45) is 0 Å². The Hall–Kier alpha value is -2.11. The maximum absolute atomic E-state index is 10.7. The molecule has 0 bridgehead atoms. The lowest BCUT2D eigenvalue weighted by atomic mass is 10.2. The lowest BCUT2D eigenvalue weighted by molar-refractivity contribution is -0.146. The van der Waals surface area contributed by atoms with Crippen LogP contribution in [0.3, 0.4) is 0 Å². The van der Waals surface area contributed by atoms with Gasteiger partial charge in [0.1, 0.15) is 0 Å². The summed E-state index contributed by atoms with van der Waals surface area (Å²) in [6.07, 6.45) is 0.680. The van der Waals surface area contributed by atoms with Crippen LogP contribution in [0.15, 0.2) is 24.0 Å². The molecule has 0 amide bonds. The Balaban J connectivity index is 5.25. The van der Waals surface area contributed by atoms with Crippen molar-refractivity contribution in [3.63, 3.8) is 0 Å². The first kappa shape index (κ1) is 12.9. The summed E-state index contributed by atoms with van der Waals surface area (Å²) in [4.78, 5) is 32.0. The average Bonchev–Trinajstić information content (AvgIpc) is 2.16. The van der Waals surface area contributed by atoms with Crippen LogP contribution in [0.25, 0.3) is 0 Å². The van der Waals surface area contributed by atoms with E-state index in [2.05, 4.69) is 11.3 Å². The smallest absolute Gasteiger partial charge is 0.372 e. The molecule has 0 saturated carbocycles. The van der Waals surface area contributed by atoms with E-state index < -0.39 is 29.2 Å². The van der Waals surface area contributed by atoms with Crippen molar-refractivity contribution in [2.45, 2.75) is 13.3 Å².